The molecule has 4 aromatic rings. The highest BCUT2D eigenvalue weighted by molar-refractivity contribution is 6.31. The highest BCUT2D eigenvalue weighted by Gasteiger charge is 2.73. The van der Waals surface area contributed by atoms with Crippen molar-refractivity contribution in [3.05, 3.63) is 130 Å². The van der Waals surface area contributed by atoms with Gasteiger partial charge in [-0.25, -0.2) is 9.80 Å². The lowest BCUT2D eigenvalue weighted by atomic mass is 9.54. The molecule has 4 atom stereocenters. The molecule has 0 unspecified atom stereocenters. The summed E-state index contributed by atoms with van der Waals surface area (Å²) in [4.78, 5) is 61.2. The number of anilines is 2. The first kappa shape index (κ1) is 27.0. The van der Waals surface area contributed by atoms with Crippen LogP contribution in [0.3, 0.4) is 0 Å². The molecule has 0 bridgehead atoms. The molecule has 6 nitrogen and oxygen atoms in total. The van der Waals surface area contributed by atoms with E-state index in [2.05, 4.69) is 0 Å². The lowest BCUT2D eigenvalue weighted by Crippen LogP contribution is -2.51. The molecule has 214 valence electrons. The Bertz CT molecular complexity index is 1820. The number of amides is 4. The Morgan fingerprint density at radius 2 is 1.07 bits per heavy atom. The summed E-state index contributed by atoms with van der Waals surface area (Å²) >= 11 is 0. The average molecular weight is 569 g/mol. The molecular weight excluding hydrogens is 536 g/mol. The number of carbonyl (C=O) groups is 4. The Morgan fingerprint density at radius 3 is 1.65 bits per heavy atom. The minimum atomic E-state index is -1.49. The first-order chi connectivity index (χ1) is 20.6. The molecule has 0 saturated carbocycles. The van der Waals surface area contributed by atoms with Gasteiger partial charge in [-0.05, 0) is 75.1 Å². The van der Waals surface area contributed by atoms with E-state index in [4.69, 9.17) is 0 Å². The Labute approximate surface area is 250 Å². The van der Waals surface area contributed by atoms with Crippen molar-refractivity contribution < 1.29 is 19.2 Å². The summed E-state index contributed by atoms with van der Waals surface area (Å²) in [6.07, 6.45) is 0.153. The van der Waals surface area contributed by atoms with Gasteiger partial charge in [-0.3, -0.25) is 19.2 Å². The number of imide groups is 2. The molecule has 2 heterocycles. The molecule has 0 radical (unpaired) electrons. The molecule has 43 heavy (non-hydrogen) atoms. The minimum absolute atomic E-state index is 0.153. The van der Waals surface area contributed by atoms with Crippen LogP contribution in [0.5, 0.6) is 0 Å². The standard InChI is InChI=1S/C37H32N2O4/c1-21-5-12-25(13-6-21)20-37-31(34(41)39(36(37)43)27-16-9-23(3)10-17-27)29-19-24(4)11-18-28(29)30-32(37)35(42)38(33(30)40)26-14-7-22(2)8-15-26/h5-19,30-32H,20H2,1-4H3/t30-,31+,32-,37+/m1/s1. The van der Waals surface area contributed by atoms with Crippen LogP contribution in [0, 0.1) is 39.0 Å². The number of nitrogens with zero attached hydrogens (tertiary/aromatic N) is 2. The van der Waals surface area contributed by atoms with Crippen molar-refractivity contribution in [2.45, 2.75) is 46.0 Å². The monoisotopic (exact) mass is 568 g/mol. The van der Waals surface area contributed by atoms with Crippen LogP contribution in [0.1, 0.15) is 50.8 Å². The van der Waals surface area contributed by atoms with Gasteiger partial charge in [0.1, 0.15) is 0 Å². The number of benzene rings is 4. The Kier molecular flexibility index (Phi) is 6.03. The largest absolute Gasteiger partial charge is 0.274 e. The lowest BCUT2D eigenvalue weighted by Gasteiger charge is -2.43. The van der Waals surface area contributed by atoms with Crippen LogP contribution in [-0.4, -0.2) is 23.6 Å². The summed E-state index contributed by atoms with van der Waals surface area (Å²) in [7, 11) is 0. The maximum atomic E-state index is 15.0. The number of fused-ring (bicyclic) bond motifs is 6. The van der Waals surface area contributed by atoms with Crippen molar-refractivity contribution in [2.75, 3.05) is 9.80 Å². The first-order valence-corrected chi connectivity index (χ1v) is 14.7. The number of hydrogen-bond donors (Lipinski definition) is 0. The van der Waals surface area contributed by atoms with Crippen molar-refractivity contribution >= 4 is 35.0 Å². The van der Waals surface area contributed by atoms with Gasteiger partial charge in [-0.15, -0.1) is 0 Å². The van der Waals surface area contributed by atoms with Gasteiger partial charge in [0.15, 0.2) is 0 Å². The molecule has 2 fully saturated rings. The Balaban J connectivity index is 1.50. The van der Waals surface area contributed by atoms with E-state index in [1.807, 2.05) is 94.4 Å². The van der Waals surface area contributed by atoms with Crippen molar-refractivity contribution in [1.82, 2.24) is 0 Å². The summed E-state index contributed by atoms with van der Waals surface area (Å²) < 4.78 is 0. The quantitative estimate of drug-likeness (QED) is 0.279. The van der Waals surface area contributed by atoms with Crippen molar-refractivity contribution in [3.63, 3.8) is 0 Å². The topological polar surface area (TPSA) is 74.8 Å². The maximum Gasteiger partial charge on any atom is 0.242 e. The summed E-state index contributed by atoms with van der Waals surface area (Å²) in [5.41, 5.74) is 5.59. The third-order valence-electron chi connectivity index (χ3n) is 9.53. The number of hydrogen-bond acceptors (Lipinski definition) is 4. The highest BCUT2D eigenvalue weighted by atomic mass is 16.2. The van der Waals surface area contributed by atoms with Gasteiger partial charge in [-0.2, -0.15) is 0 Å². The minimum Gasteiger partial charge on any atom is -0.274 e. The van der Waals surface area contributed by atoms with E-state index < -0.39 is 35.0 Å². The van der Waals surface area contributed by atoms with Gasteiger partial charge in [0.25, 0.3) is 0 Å². The highest BCUT2D eigenvalue weighted by Crippen LogP contribution is 2.63. The van der Waals surface area contributed by atoms with Gasteiger partial charge < -0.3 is 0 Å². The van der Waals surface area contributed by atoms with E-state index in [1.54, 1.807) is 24.3 Å². The molecule has 3 aliphatic rings. The predicted octanol–water partition coefficient (Wildman–Crippen LogP) is 6.09. The summed E-state index contributed by atoms with van der Waals surface area (Å²) in [6, 6.07) is 28.1. The summed E-state index contributed by atoms with van der Waals surface area (Å²) in [6.45, 7) is 7.82. The third-order valence-corrected chi connectivity index (χ3v) is 9.53. The molecule has 7 rings (SSSR count). The molecule has 2 aliphatic heterocycles. The van der Waals surface area contributed by atoms with E-state index >= 15 is 4.79 Å². The van der Waals surface area contributed by atoms with Gasteiger partial charge >= 0.3 is 0 Å². The average Bonchev–Trinajstić information content (AvgIpc) is 3.38. The smallest absolute Gasteiger partial charge is 0.242 e. The van der Waals surface area contributed by atoms with Crippen molar-refractivity contribution in [2.24, 2.45) is 11.3 Å². The van der Waals surface area contributed by atoms with Crippen LogP contribution in [0.15, 0.2) is 91.0 Å². The Hall–Kier alpha value is -4.84. The first-order valence-electron chi connectivity index (χ1n) is 14.7. The molecule has 4 amide bonds. The zero-order valence-electron chi connectivity index (χ0n) is 24.6. The fraction of sp³-hybridized carbons (Fsp3) is 0.243. The third kappa shape index (κ3) is 3.86. The normalized spacial score (nSPS) is 24.3. The molecule has 2 saturated heterocycles. The van der Waals surface area contributed by atoms with Crippen LogP contribution in [0.25, 0.3) is 0 Å². The van der Waals surface area contributed by atoms with Crippen LogP contribution >= 0.6 is 0 Å². The van der Waals surface area contributed by atoms with Crippen LogP contribution in [-0.2, 0) is 25.6 Å². The lowest BCUT2D eigenvalue weighted by molar-refractivity contribution is -0.138. The summed E-state index contributed by atoms with van der Waals surface area (Å²) in [5, 5.41) is 0. The van der Waals surface area contributed by atoms with Gasteiger partial charge in [0.2, 0.25) is 23.6 Å². The molecule has 6 heteroatoms. The van der Waals surface area contributed by atoms with Gasteiger partial charge in [0, 0.05) is 0 Å². The molecule has 4 aromatic carbocycles. The maximum absolute atomic E-state index is 15.0. The van der Waals surface area contributed by atoms with Crippen LogP contribution < -0.4 is 9.80 Å². The molecule has 1 aliphatic carbocycles. The predicted molar refractivity (Wildman–Crippen MR) is 165 cm³/mol. The van der Waals surface area contributed by atoms with Gasteiger partial charge in [0.05, 0.1) is 34.5 Å². The number of aryl methyl sites for hydroxylation is 4. The van der Waals surface area contributed by atoms with E-state index in [-0.39, 0.29) is 18.2 Å². The van der Waals surface area contributed by atoms with Gasteiger partial charge in [-0.1, -0.05) is 89.0 Å². The van der Waals surface area contributed by atoms with E-state index in [9.17, 15) is 14.4 Å². The molecule has 0 spiro atoms. The van der Waals surface area contributed by atoms with Crippen molar-refractivity contribution in [1.29, 1.82) is 0 Å². The SMILES string of the molecule is Cc1ccc(C[C@]23C(=O)N(c4ccc(C)cc4)C(=O)[C@@H]2c2cc(C)ccc2[C@H]2C(=O)N(c4ccc(C)cc4)C(=O)[C@@H]23)cc1. The van der Waals surface area contributed by atoms with Crippen LogP contribution in [0.4, 0.5) is 11.4 Å². The number of carbonyl (C=O) groups excluding carboxylic acids is 4. The Morgan fingerprint density at radius 1 is 0.558 bits per heavy atom. The number of rotatable bonds is 4. The van der Waals surface area contributed by atoms with Crippen LogP contribution in [0.2, 0.25) is 0 Å². The molecule has 0 aromatic heterocycles. The zero-order valence-corrected chi connectivity index (χ0v) is 24.6. The van der Waals surface area contributed by atoms with E-state index in [0.29, 0.717) is 22.5 Å². The second-order valence-electron chi connectivity index (χ2n) is 12.4. The molecule has 0 N–H and O–H groups in total. The van der Waals surface area contributed by atoms with E-state index in [0.717, 1.165) is 27.8 Å². The van der Waals surface area contributed by atoms with Crippen molar-refractivity contribution in [3.8, 4) is 0 Å². The second kappa shape index (κ2) is 9.60. The second-order valence-corrected chi connectivity index (χ2v) is 12.4. The van der Waals surface area contributed by atoms with E-state index in [1.165, 1.54) is 9.80 Å². The fourth-order valence-electron chi connectivity index (χ4n) is 7.45. The molecular formula is C37H32N2O4. The zero-order chi connectivity index (χ0) is 30.2. The fourth-order valence-corrected chi connectivity index (χ4v) is 7.45. The summed E-state index contributed by atoms with van der Waals surface area (Å²) in [5.74, 6) is -4.45.